The molecule has 2 unspecified atom stereocenters. The number of ether oxygens (including phenoxy) is 1. The molecule has 2 atom stereocenters. The number of carbonyl (C=O) groups is 1. The summed E-state index contributed by atoms with van der Waals surface area (Å²) in [7, 11) is 1.70. The van der Waals surface area contributed by atoms with E-state index in [1.807, 2.05) is 11.8 Å². The Hall–Kier alpha value is -0.610. The van der Waals surface area contributed by atoms with Crippen LogP contribution in [-0.4, -0.2) is 42.3 Å². The van der Waals surface area contributed by atoms with E-state index in [1.54, 1.807) is 7.11 Å². The van der Waals surface area contributed by atoms with Crippen molar-refractivity contribution in [3.8, 4) is 0 Å². The van der Waals surface area contributed by atoms with Crippen molar-refractivity contribution in [2.24, 2.45) is 0 Å². The van der Waals surface area contributed by atoms with Crippen LogP contribution in [0.2, 0.25) is 0 Å². The summed E-state index contributed by atoms with van der Waals surface area (Å²) < 4.78 is 5.28. The third-order valence-corrected chi connectivity index (χ3v) is 4.19. The van der Waals surface area contributed by atoms with E-state index < -0.39 is 0 Å². The lowest BCUT2D eigenvalue weighted by molar-refractivity contribution is -0.134. The molecule has 98 valence electrons. The van der Waals surface area contributed by atoms with Crippen LogP contribution in [0.5, 0.6) is 0 Å². The number of carbonyl (C=O) groups excluding carboxylic acids is 1. The molecule has 17 heavy (non-hydrogen) atoms. The van der Waals surface area contributed by atoms with Gasteiger partial charge >= 0.3 is 0 Å². The van der Waals surface area contributed by atoms with Gasteiger partial charge in [-0.1, -0.05) is 19.8 Å². The second-order valence-electron chi connectivity index (χ2n) is 5.36. The maximum atomic E-state index is 12.6. The molecule has 0 aromatic rings. The van der Waals surface area contributed by atoms with Gasteiger partial charge < -0.3 is 9.64 Å². The van der Waals surface area contributed by atoms with E-state index in [0.29, 0.717) is 12.5 Å². The summed E-state index contributed by atoms with van der Waals surface area (Å²) in [6, 6.07) is 0. The van der Waals surface area contributed by atoms with Crippen LogP contribution < -0.4 is 5.32 Å². The highest BCUT2D eigenvalue weighted by atomic mass is 16.5. The summed E-state index contributed by atoms with van der Waals surface area (Å²) >= 11 is 0. The first kappa shape index (κ1) is 12.8. The highest BCUT2D eigenvalue weighted by Gasteiger charge is 2.51. The van der Waals surface area contributed by atoms with Gasteiger partial charge in [0, 0.05) is 13.7 Å². The minimum absolute atomic E-state index is 0.103. The van der Waals surface area contributed by atoms with Crippen molar-refractivity contribution in [3.63, 3.8) is 0 Å². The normalized spacial score (nSPS) is 29.2. The first-order valence-corrected chi connectivity index (χ1v) is 6.74. The lowest BCUT2D eigenvalue weighted by Gasteiger charge is -2.25. The van der Waals surface area contributed by atoms with Crippen molar-refractivity contribution < 1.29 is 9.53 Å². The zero-order valence-corrected chi connectivity index (χ0v) is 11.2. The van der Waals surface area contributed by atoms with Crippen molar-refractivity contribution in [3.05, 3.63) is 0 Å². The van der Waals surface area contributed by atoms with Crippen LogP contribution in [0.1, 0.15) is 46.0 Å². The van der Waals surface area contributed by atoms with Gasteiger partial charge in [-0.2, -0.15) is 0 Å². The van der Waals surface area contributed by atoms with Crippen LogP contribution in [-0.2, 0) is 9.53 Å². The lowest BCUT2D eigenvalue weighted by Crippen LogP contribution is -2.44. The summed E-state index contributed by atoms with van der Waals surface area (Å²) in [5.41, 5.74) is -0.242. The Bertz CT molecular complexity index is 287. The summed E-state index contributed by atoms with van der Waals surface area (Å²) in [5, 5.41) is 3.57. The second kappa shape index (κ2) is 4.94. The molecule has 0 aromatic carbocycles. The SMILES string of the molecule is CCC1NC2(CCCC2)C(=O)N1CC(C)OC. The van der Waals surface area contributed by atoms with Crippen molar-refractivity contribution in [2.75, 3.05) is 13.7 Å². The first-order chi connectivity index (χ1) is 8.13. The summed E-state index contributed by atoms with van der Waals surface area (Å²) in [4.78, 5) is 14.5. The van der Waals surface area contributed by atoms with Crippen molar-refractivity contribution in [2.45, 2.75) is 63.8 Å². The Morgan fingerprint density at radius 3 is 2.71 bits per heavy atom. The fourth-order valence-corrected chi connectivity index (χ4v) is 3.10. The van der Waals surface area contributed by atoms with E-state index in [4.69, 9.17) is 4.74 Å². The van der Waals surface area contributed by atoms with Crippen LogP contribution in [0.15, 0.2) is 0 Å². The van der Waals surface area contributed by atoms with Crippen LogP contribution >= 0.6 is 0 Å². The molecule has 0 radical (unpaired) electrons. The van der Waals surface area contributed by atoms with Gasteiger partial charge in [0.25, 0.3) is 0 Å². The molecule has 1 N–H and O–H groups in total. The van der Waals surface area contributed by atoms with E-state index in [-0.39, 0.29) is 17.8 Å². The van der Waals surface area contributed by atoms with Crippen LogP contribution in [0.25, 0.3) is 0 Å². The van der Waals surface area contributed by atoms with Gasteiger partial charge in [-0.25, -0.2) is 0 Å². The van der Waals surface area contributed by atoms with Crippen molar-refractivity contribution in [1.82, 2.24) is 10.2 Å². The topological polar surface area (TPSA) is 41.6 Å². The molecule has 1 amide bonds. The smallest absolute Gasteiger partial charge is 0.244 e. The van der Waals surface area contributed by atoms with Gasteiger partial charge in [0.05, 0.1) is 17.8 Å². The van der Waals surface area contributed by atoms with Crippen LogP contribution in [0.3, 0.4) is 0 Å². The molecule has 0 bridgehead atoms. The predicted octanol–water partition coefficient (Wildman–Crippen LogP) is 1.50. The molecular formula is C13H24N2O2. The molecule has 1 spiro atoms. The van der Waals surface area contributed by atoms with Crippen LogP contribution in [0, 0.1) is 0 Å². The van der Waals surface area contributed by atoms with Crippen LogP contribution in [0.4, 0.5) is 0 Å². The first-order valence-electron chi connectivity index (χ1n) is 6.74. The molecule has 0 aromatic heterocycles. The number of nitrogens with zero attached hydrogens (tertiary/aromatic N) is 1. The second-order valence-corrected chi connectivity index (χ2v) is 5.36. The zero-order chi connectivity index (χ0) is 12.5. The average Bonchev–Trinajstić information content (AvgIpc) is 2.90. The summed E-state index contributed by atoms with van der Waals surface area (Å²) in [6.07, 6.45) is 5.60. The summed E-state index contributed by atoms with van der Waals surface area (Å²) in [6.45, 7) is 4.84. The molecule has 1 saturated heterocycles. The molecule has 4 heteroatoms. The quantitative estimate of drug-likeness (QED) is 0.809. The number of amides is 1. The van der Waals surface area contributed by atoms with E-state index in [1.165, 1.54) is 12.8 Å². The van der Waals surface area contributed by atoms with E-state index >= 15 is 0 Å². The Labute approximate surface area is 104 Å². The average molecular weight is 240 g/mol. The maximum absolute atomic E-state index is 12.6. The third kappa shape index (κ3) is 2.20. The maximum Gasteiger partial charge on any atom is 0.244 e. The van der Waals surface area contributed by atoms with Gasteiger partial charge in [-0.05, 0) is 26.2 Å². The Kier molecular flexibility index (Phi) is 3.73. The van der Waals surface area contributed by atoms with Gasteiger partial charge in [0.2, 0.25) is 5.91 Å². The number of methoxy groups -OCH3 is 1. The molecule has 4 nitrogen and oxygen atoms in total. The molecular weight excluding hydrogens is 216 g/mol. The summed E-state index contributed by atoms with van der Waals surface area (Å²) in [5.74, 6) is 0.297. The standard InChI is InChI=1S/C13H24N2O2/c1-4-11-14-13(7-5-6-8-13)12(16)15(11)9-10(2)17-3/h10-11,14H,4-9H2,1-3H3. The molecule has 2 rings (SSSR count). The zero-order valence-electron chi connectivity index (χ0n) is 11.2. The lowest BCUT2D eigenvalue weighted by atomic mass is 9.98. The van der Waals surface area contributed by atoms with Gasteiger partial charge in [-0.15, -0.1) is 0 Å². The number of rotatable bonds is 4. The molecule has 1 aliphatic heterocycles. The Balaban J connectivity index is 2.11. The molecule has 1 aliphatic carbocycles. The van der Waals surface area contributed by atoms with E-state index in [9.17, 15) is 4.79 Å². The monoisotopic (exact) mass is 240 g/mol. The minimum Gasteiger partial charge on any atom is -0.380 e. The van der Waals surface area contributed by atoms with E-state index in [0.717, 1.165) is 19.3 Å². The molecule has 1 saturated carbocycles. The van der Waals surface area contributed by atoms with Gasteiger partial charge in [-0.3, -0.25) is 10.1 Å². The largest absolute Gasteiger partial charge is 0.380 e. The van der Waals surface area contributed by atoms with E-state index in [2.05, 4.69) is 12.2 Å². The molecule has 2 aliphatic rings. The fourth-order valence-electron chi connectivity index (χ4n) is 3.10. The number of nitrogens with one attached hydrogen (secondary N) is 1. The number of hydrogen-bond acceptors (Lipinski definition) is 3. The van der Waals surface area contributed by atoms with Gasteiger partial charge in [0.15, 0.2) is 0 Å². The number of hydrogen-bond donors (Lipinski definition) is 1. The highest BCUT2D eigenvalue weighted by Crippen LogP contribution is 2.36. The molecule has 2 fully saturated rings. The van der Waals surface area contributed by atoms with Gasteiger partial charge in [0.1, 0.15) is 0 Å². The predicted molar refractivity (Wildman–Crippen MR) is 66.6 cm³/mol. The fraction of sp³-hybridized carbons (Fsp3) is 0.923. The molecule has 1 heterocycles. The van der Waals surface area contributed by atoms with Crippen molar-refractivity contribution >= 4 is 5.91 Å². The Morgan fingerprint density at radius 2 is 2.18 bits per heavy atom. The minimum atomic E-state index is -0.242. The third-order valence-electron chi connectivity index (χ3n) is 4.19. The van der Waals surface area contributed by atoms with Crippen molar-refractivity contribution in [1.29, 1.82) is 0 Å². The highest BCUT2D eigenvalue weighted by molar-refractivity contribution is 5.89. The Morgan fingerprint density at radius 1 is 1.53 bits per heavy atom.